The number of carbonyl (C=O) groups is 1. The van der Waals surface area contributed by atoms with E-state index in [9.17, 15) is 18.0 Å². The number of nitrogens with two attached hydrogens (primary N) is 1. The van der Waals surface area contributed by atoms with Crippen molar-refractivity contribution in [1.29, 1.82) is 0 Å². The number of aromatic nitrogens is 6. The summed E-state index contributed by atoms with van der Waals surface area (Å²) in [5.41, 5.74) is 9.59. The van der Waals surface area contributed by atoms with Gasteiger partial charge in [-0.05, 0) is 37.1 Å². The van der Waals surface area contributed by atoms with Gasteiger partial charge in [0.15, 0.2) is 11.9 Å². The molecular weight excluding hydrogens is 485 g/mol. The van der Waals surface area contributed by atoms with Crippen molar-refractivity contribution in [3.63, 3.8) is 0 Å². The molecule has 0 bridgehead atoms. The summed E-state index contributed by atoms with van der Waals surface area (Å²) < 4.78 is 44.0. The summed E-state index contributed by atoms with van der Waals surface area (Å²) in [6.45, 7) is 3.54. The van der Waals surface area contributed by atoms with Gasteiger partial charge < -0.3 is 11.1 Å². The Labute approximate surface area is 208 Å². The van der Waals surface area contributed by atoms with Crippen LogP contribution < -0.4 is 11.1 Å². The van der Waals surface area contributed by atoms with E-state index in [2.05, 4.69) is 25.5 Å². The lowest BCUT2D eigenvalue weighted by atomic mass is 10.1. The standard InChI is InChI=1S/C25H21F3N8O/c1-14-8-20(36-21(14)23(29)31-13-33-36)17-9-19(15(2)30-10-17)24(37)34-18-11-32-35(12-18)22(25(26,27)28)16-6-4-3-5-7-16/h3-13,22H,1-2H3,(H,34,37)(H2,29,31,33). The summed E-state index contributed by atoms with van der Waals surface area (Å²) in [6.07, 6.45) is 0.683. The van der Waals surface area contributed by atoms with E-state index in [1.165, 1.54) is 36.8 Å². The maximum atomic E-state index is 13.8. The van der Waals surface area contributed by atoms with E-state index >= 15 is 0 Å². The molecule has 37 heavy (non-hydrogen) atoms. The van der Waals surface area contributed by atoms with Crippen molar-refractivity contribution in [2.75, 3.05) is 11.1 Å². The van der Waals surface area contributed by atoms with Gasteiger partial charge in [0.25, 0.3) is 5.91 Å². The number of alkyl halides is 3. The highest BCUT2D eigenvalue weighted by molar-refractivity contribution is 6.05. The first-order chi connectivity index (χ1) is 17.6. The van der Waals surface area contributed by atoms with Crippen LogP contribution in [-0.2, 0) is 0 Å². The normalized spacial score (nSPS) is 12.6. The number of benzene rings is 1. The molecule has 12 heteroatoms. The third-order valence-electron chi connectivity index (χ3n) is 5.95. The Bertz CT molecular complexity index is 1610. The van der Waals surface area contributed by atoms with Crippen molar-refractivity contribution < 1.29 is 18.0 Å². The average molecular weight is 506 g/mol. The van der Waals surface area contributed by atoms with Crippen LogP contribution in [-0.4, -0.2) is 41.4 Å². The third kappa shape index (κ3) is 4.48. The zero-order valence-electron chi connectivity index (χ0n) is 19.7. The van der Waals surface area contributed by atoms with Crippen molar-refractivity contribution in [2.24, 2.45) is 0 Å². The molecule has 188 valence electrons. The summed E-state index contributed by atoms with van der Waals surface area (Å²) in [5, 5.41) is 10.8. The van der Waals surface area contributed by atoms with E-state index in [4.69, 9.17) is 5.73 Å². The molecule has 0 aliphatic rings. The van der Waals surface area contributed by atoms with Crippen LogP contribution in [0.4, 0.5) is 24.7 Å². The second-order valence-corrected chi connectivity index (χ2v) is 8.49. The SMILES string of the molecule is Cc1ncc(-c2cc(C)c3c(N)ncnn23)cc1C(=O)Nc1cnn(C(c2ccccc2)C(F)(F)F)c1. The molecule has 1 aromatic carbocycles. The predicted molar refractivity (Wildman–Crippen MR) is 131 cm³/mol. The molecular formula is C25H21F3N8O. The fourth-order valence-corrected chi connectivity index (χ4v) is 4.23. The quantitative estimate of drug-likeness (QED) is 0.360. The highest BCUT2D eigenvalue weighted by atomic mass is 19.4. The number of hydrogen-bond acceptors (Lipinski definition) is 6. The zero-order valence-corrected chi connectivity index (χ0v) is 19.7. The zero-order chi connectivity index (χ0) is 26.3. The van der Waals surface area contributed by atoms with Gasteiger partial charge in [0.2, 0.25) is 0 Å². The Morgan fingerprint density at radius 1 is 1.05 bits per heavy atom. The van der Waals surface area contributed by atoms with Gasteiger partial charge in [-0.3, -0.25) is 14.5 Å². The van der Waals surface area contributed by atoms with E-state index < -0.39 is 18.1 Å². The molecule has 1 unspecified atom stereocenters. The highest BCUT2D eigenvalue weighted by Crippen LogP contribution is 2.36. The van der Waals surface area contributed by atoms with Crippen LogP contribution in [0.3, 0.4) is 0 Å². The smallest absolute Gasteiger partial charge is 0.382 e. The Hall–Kier alpha value is -4.74. The molecule has 4 heterocycles. The maximum absolute atomic E-state index is 13.8. The van der Waals surface area contributed by atoms with Crippen LogP contribution in [0.25, 0.3) is 16.8 Å². The molecule has 0 saturated carbocycles. The van der Waals surface area contributed by atoms with E-state index in [0.29, 0.717) is 28.3 Å². The second-order valence-electron chi connectivity index (χ2n) is 8.49. The van der Waals surface area contributed by atoms with E-state index in [1.54, 1.807) is 29.8 Å². The molecule has 0 radical (unpaired) electrons. The number of nitrogen functional groups attached to an aromatic ring is 1. The number of halogens is 3. The maximum Gasteiger partial charge on any atom is 0.415 e. The van der Waals surface area contributed by atoms with Gasteiger partial charge in [-0.2, -0.15) is 23.4 Å². The van der Waals surface area contributed by atoms with Gasteiger partial charge in [-0.15, -0.1) is 0 Å². The van der Waals surface area contributed by atoms with Gasteiger partial charge in [0, 0.05) is 18.0 Å². The fraction of sp³-hybridized carbons (Fsp3) is 0.160. The molecule has 4 aromatic heterocycles. The minimum atomic E-state index is -4.59. The lowest BCUT2D eigenvalue weighted by Gasteiger charge is -2.21. The molecule has 0 aliphatic carbocycles. The van der Waals surface area contributed by atoms with Gasteiger partial charge in [-0.1, -0.05) is 30.3 Å². The minimum Gasteiger partial charge on any atom is -0.382 e. The lowest BCUT2D eigenvalue weighted by molar-refractivity contribution is -0.159. The molecule has 0 aliphatic heterocycles. The summed E-state index contributed by atoms with van der Waals surface area (Å²) in [4.78, 5) is 21.5. The Morgan fingerprint density at radius 3 is 2.54 bits per heavy atom. The van der Waals surface area contributed by atoms with Gasteiger partial charge in [0.1, 0.15) is 11.8 Å². The van der Waals surface area contributed by atoms with Crippen molar-refractivity contribution in [1.82, 2.24) is 29.4 Å². The average Bonchev–Trinajstić information content (AvgIpc) is 3.44. The topological polar surface area (TPSA) is 116 Å². The minimum absolute atomic E-state index is 0.0305. The largest absolute Gasteiger partial charge is 0.415 e. The van der Waals surface area contributed by atoms with E-state index in [1.807, 2.05) is 13.0 Å². The molecule has 0 saturated heterocycles. The number of rotatable bonds is 5. The monoisotopic (exact) mass is 506 g/mol. The number of aryl methyl sites for hydroxylation is 2. The number of anilines is 2. The van der Waals surface area contributed by atoms with E-state index in [0.717, 1.165) is 16.4 Å². The van der Waals surface area contributed by atoms with Crippen LogP contribution in [0.5, 0.6) is 0 Å². The first-order valence-corrected chi connectivity index (χ1v) is 11.2. The molecule has 0 spiro atoms. The van der Waals surface area contributed by atoms with Crippen LogP contribution in [0.2, 0.25) is 0 Å². The second kappa shape index (κ2) is 9.04. The summed E-state index contributed by atoms with van der Waals surface area (Å²) in [7, 11) is 0. The molecule has 0 fully saturated rings. The summed E-state index contributed by atoms with van der Waals surface area (Å²) >= 11 is 0. The van der Waals surface area contributed by atoms with Crippen molar-refractivity contribution in [2.45, 2.75) is 26.1 Å². The molecule has 1 atom stereocenters. The number of nitrogens with one attached hydrogen (secondary N) is 1. The third-order valence-corrected chi connectivity index (χ3v) is 5.95. The van der Waals surface area contributed by atoms with Crippen molar-refractivity contribution in [3.8, 4) is 11.3 Å². The summed E-state index contributed by atoms with van der Waals surface area (Å²) in [5.74, 6) is -0.220. The Morgan fingerprint density at radius 2 is 1.81 bits per heavy atom. The van der Waals surface area contributed by atoms with Crippen molar-refractivity contribution in [3.05, 3.63) is 89.8 Å². The molecule has 5 rings (SSSR count). The first kappa shape index (κ1) is 24.0. The van der Waals surface area contributed by atoms with Crippen LogP contribution in [0, 0.1) is 13.8 Å². The number of carbonyl (C=O) groups excluding carboxylic acids is 1. The number of pyridine rings is 1. The Balaban J connectivity index is 1.45. The highest BCUT2D eigenvalue weighted by Gasteiger charge is 2.42. The van der Waals surface area contributed by atoms with Gasteiger partial charge in [0.05, 0.1) is 28.8 Å². The number of hydrogen-bond donors (Lipinski definition) is 2. The number of fused-ring (bicyclic) bond motifs is 1. The summed E-state index contributed by atoms with van der Waals surface area (Å²) in [6, 6.07) is 8.96. The van der Waals surface area contributed by atoms with Crippen molar-refractivity contribution >= 4 is 22.9 Å². The molecule has 1 amide bonds. The number of nitrogens with zero attached hydrogens (tertiary/aromatic N) is 6. The lowest BCUT2D eigenvalue weighted by Crippen LogP contribution is -2.28. The molecule has 3 N–H and O–H groups in total. The predicted octanol–water partition coefficient (Wildman–Crippen LogP) is 4.59. The Kier molecular flexibility index (Phi) is 5.86. The number of amides is 1. The van der Waals surface area contributed by atoms with Gasteiger partial charge >= 0.3 is 6.18 Å². The van der Waals surface area contributed by atoms with Crippen LogP contribution >= 0.6 is 0 Å². The van der Waals surface area contributed by atoms with E-state index in [-0.39, 0.29) is 16.8 Å². The first-order valence-electron chi connectivity index (χ1n) is 11.2. The molecule has 9 nitrogen and oxygen atoms in total. The van der Waals surface area contributed by atoms with Gasteiger partial charge in [-0.25, -0.2) is 9.50 Å². The molecule has 5 aromatic rings. The fourth-order valence-electron chi connectivity index (χ4n) is 4.23. The van der Waals surface area contributed by atoms with Crippen LogP contribution in [0.1, 0.15) is 33.2 Å². The van der Waals surface area contributed by atoms with Crippen LogP contribution in [0.15, 0.2) is 67.4 Å².